The molecule has 4 rings (SSSR count). The molecule has 2 amide bonds. The zero-order valence-electron chi connectivity index (χ0n) is 15.0. The smallest absolute Gasteiger partial charge is 0.256 e. The number of carbonyl (C=O) groups excluding carboxylic acids is 2. The Morgan fingerprint density at radius 1 is 1.18 bits per heavy atom. The number of anilines is 1. The molecule has 1 N–H and O–H groups in total. The van der Waals surface area contributed by atoms with Crippen molar-refractivity contribution in [2.45, 2.75) is 18.6 Å². The highest BCUT2D eigenvalue weighted by Crippen LogP contribution is 2.33. The number of halogens is 2. The van der Waals surface area contributed by atoms with E-state index in [0.717, 1.165) is 12.1 Å². The lowest BCUT2D eigenvalue weighted by atomic mass is 10.0. The van der Waals surface area contributed by atoms with Crippen LogP contribution in [-0.2, 0) is 9.53 Å². The number of hydrogen-bond acceptors (Lipinski definition) is 3. The summed E-state index contributed by atoms with van der Waals surface area (Å²) in [6.45, 7) is 4.23. The highest BCUT2D eigenvalue weighted by molar-refractivity contribution is 6.10. The second-order valence-corrected chi connectivity index (χ2v) is 6.83. The second-order valence-electron chi connectivity index (χ2n) is 6.83. The number of nitrogens with one attached hydrogen (secondary N) is 1. The van der Waals surface area contributed by atoms with Crippen LogP contribution < -0.4 is 5.32 Å². The van der Waals surface area contributed by atoms with E-state index < -0.39 is 17.7 Å². The van der Waals surface area contributed by atoms with Crippen molar-refractivity contribution in [1.82, 2.24) is 4.90 Å². The van der Waals surface area contributed by atoms with Crippen molar-refractivity contribution in [1.29, 1.82) is 0 Å². The summed E-state index contributed by atoms with van der Waals surface area (Å²) in [7, 11) is 0. The zero-order valence-corrected chi connectivity index (χ0v) is 15.0. The fraction of sp³-hybridized carbons (Fsp3) is 0.238. The van der Waals surface area contributed by atoms with Crippen molar-refractivity contribution in [3.63, 3.8) is 0 Å². The number of carbonyl (C=O) groups is 2. The number of rotatable bonds is 4. The Morgan fingerprint density at radius 3 is 2.75 bits per heavy atom. The van der Waals surface area contributed by atoms with Gasteiger partial charge in [0.1, 0.15) is 17.7 Å². The Hall–Kier alpha value is -3.06. The number of hydrogen-bond donors (Lipinski definition) is 1. The average molecular weight is 384 g/mol. The van der Waals surface area contributed by atoms with Crippen molar-refractivity contribution >= 4 is 17.5 Å². The summed E-state index contributed by atoms with van der Waals surface area (Å²) in [5.74, 6) is -2.00. The van der Waals surface area contributed by atoms with Crippen molar-refractivity contribution < 1.29 is 23.1 Å². The zero-order chi connectivity index (χ0) is 19.8. The SMILES string of the molecule is C=CCOC1CC2C(=O)Nc3ccc(-c4ccc(F)cc4F)cc3C(=O)N2C1. The molecule has 0 aromatic heterocycles. The summed E-state index contributed by atoms with van der Waals surface area (Å²) < 4.78 is 33.0. The van der Waals surface area contributed by atoms with Crippen LogP contribution in [0.4, 0.5) is 14.5 Å². The standard InChI is InChI=1S/C21H18F2N2O3/c1-2-7-28-14-10-19-20(26)24-18-6-3-12(8-16(18)21(27)25(19)11-14)15-5-4-13(22)9-17(15)23/h2-6,8-9,14,19H,1,7,10-11H2,(H,24,26). The van der Waals surface area contributed by atoms with E-state index in [9.17, 15) is 18.4 Å². The summed E-state index contributed by atoms with van der Waals surface area (Å²) >= 11 is 0. The van der Waals surface area contributed by atoms with E-state index >= 15 is 0 Å². The van der Waals surface area contributed by atoms with Crippen LogP contribution in [0.1, 0.15) is 16.8 Å². The molecular weight excluding hydrogens is 366 g/mol. The van der Waals surface area contributed by atoms with E-state index in [4.69, 9.17) is 4.74 Å². The third-order valence-electron chi connectivity index (χ3n) is 5.03. The third kappa shape index (κ3) is 3.18. The average Bonchev–Trinajstić information content (AvgIpc) is 3.07. The van der Waals surface area contributed by atoms with Gasteiger partial charge in [0.25, 0.3) is 5.91 Å². The molecule has 2 heterocycles. The molecular formula is C21H18F2N2O3. The van der Waals surface area contributed by atoms with Gasteiger partial charge < -0.3 is 15.0 Å². The maximum atomic E-state index is 14.2. The van der Waals surface area contributed by atoms with Crippen LogP contribution in [0.25, 0.3) is 11.1 Å². The molecule has 2 aromatic carbocycles. The minimum Gasteiger partial charge on any atom is -0.372 e. The summed E-state index contributed by atoms with van der Waals surface area (Å²) in [4.78, 5) is 27.2. The molecule has 7 heteroatoms. The van der Waals surface area contributed by atoms with Gasteiger partial charge in [-0.1, -0.05) is 12.1 Å². The van der Waals surface area contributed by atoms with Crippen molar-refractivity contribution in [2.75, 3.05) is 18.5 Å². The number of nitrogens with zero attached hydrogens (tertiary/aromatic N) is 1. The molecule has 1 saturated heterocycles. The Morgan fingerprint density at radius 2 is 2.00 bits per heavy atom. The molecule has 1 fully saturated rings. The van der Waals surface area contributed by atoms with Crippen molar-refractivity contribution in [3.8, 4) is 11.1 Å². The molecule has 0 spiro atoms. The number of amides is 2. The highest BCUT2D eigenvalue weighted by atomic mass is 19.1. The normalized spacial score (nSPS) is 21.0. The molecule has 28 heavy (non-hydrogen) atoms. The molecule has 2 aliphatic rings. The molecule has 2 aliphatic heterocycles. The van der Waals surface area contributed by atoms with E-state index in [2.05, 4.69) is 11.9 Å². The lowest BCUT2D eigenvalue weighted by molar-refractivity contribution is -0.119. The van der Waals surface area contributed by atoms with Gasteiger partial charge in [0.05, 0.1) is 24.0 Å². The predicted molar refractivity (Wildman–Crippen MR) is 99.8 cm³/mol. The quantitative estimate of drug-likeness (QED) is 0.823. The summed E-state index contributed by atoms with van der Waals surface area (Å²) in [6.07, 6.45) is 1.76. The Labute approximate surface area is 160 Å². The number of benzene rings is 2. The molecule has 0 bridgehead atoms. The van der Waals surface area contributed by atoms with Gasteiger partial charge in [-0.15, -0.1) is 6.58 Å². The van der Waals surface area contributed by atoms with E-state index in [-0.39, 0.29) is 29.0 Å². The molecule has 0 saturated carbocycles. The van der Waals surface area contributed by atoms with Crippen LogP contribution in [0, 0.1) is 11.6 Å². The topological polar surface area (TPSA) is 58.6 Å². The summed E-state index contributed by atoms with van der Waals surface area (Å²) in [5.41, 5.74) is 1.24. The maximum absolute atomic E-state index is 14.2. The minimum absolute atomic E-state index is 0.178. The monoisotopic (exact) mass is 384 g/mol. The van der Waals surface area contributed by atoms with Gasteiger partial charge in [-0.25, -0.2) is 8.78 Å². The first kappa shape index (κ1) is 18.3. The van der Waals surface area contributed by atoms with Crippen molar-refractivity contribution in [3.05, 3.63) is 66.3 Å². The van der Waals surface area contributed by atoms with Crippen LogP contribution in [0.3, 0.4) is 0 Å². The molecule has 5 nitrogen and oxygen atoms in total. The van der Waals surface area contributed by atoms with Gasteiger partial charge in [0.2, 0.25) is 5.91 Å². The van der Waals surface area contributed by atoms with E-state index in [1.54, 1.807) is 18.2 Å². The van der Waals surface area contributed by atoms with E-state index in [0.29, 0.717) is 30.8 Å². The summed E-state index contributed by atoms with van der Waals surface area (Å²) in [6, 6.07) is 7.33. The van der Waals surface area contributed by atoms with E-state index in [1.807, 2.05) is 0 Å². The Balaban J connectivity index is 1.70. The fourth-order valence-corrected chi connectivity index (χ4v) is 3.69. The predicted octanol–water partition coefficient (Wildman–Crippen LogP) is 3.37. The number of ether oxygens (including phenoxy) is 1. The van der Waals surface area contributed by atoms with E-state index in [1.165, 1.54) is 17.0 Å². The van der Waals surface area contributed by atoms with Crippen molar-refractivity contribution in [2.24, 2.45) is 0 Å². The molecule has 144 valence electrons. The summed E-state index contributed by atoms with van der Waals surface area (Å²) in [5, 5.41) is 2.77. The van der Waals surface area contributed by atoms with Gasteiger partial charge in [-0.05, 0) is 29.8 Å². The van der Waals surface area contributed by atoms with Gasteiger partial charge >= 0.3 is 0 Å². The van der Waals surface area contributed by atoms with Crippen LogP contribution >= 0.6 is 0 Å². The van der Waals surface area contributed by atoms with Gasteiger partial charge in [-0.2, -0.15) is 0 Å². The number of fused-ring (bicyclic) bond motifs is 2. The van der Waals surface area contributed by atoms with Crippen LogP contribution in [0.15, 0.2) is 49.1 Å². The Bertz CT molecular complexity index is 976. The lowest BCUT2D eigenvalue weighted by Crippen LogP contribution is -2.40. The second kappa shape index (κ2) is 7.16. The fourth-order valence-electron chi connectivity index (χ4n) is 3.69. The molecule has 0 radical (unpaired) electrons. The largest absolute Gasteiger partial charge is 0.372 e. The molecule has 2 atom stereocenters. The first-order chi connectivity index (χ1) is 13.5. The van der Waals surface area contributed by atoms with Gasteiger partial charge in [0, 0.05) is 24.6 Å². The van der Waals surface area contributed by atoms with Crippen LogP contribution in [0.2, 0.25) is 0 Å². The molecule has 2 aromatic rings. The van der Waals surface area contributed by atoms with Gasteiger partial charge in [0.15, 0.2) is 0 Å². The highest BCUT2D eigenvalue weighted by Gasteiger charge is 2.43. The Kier molecular flexibility index (Phi) is 4.68. The third-order valence-corrected chi connectivity index (χ3v) is 5.03. The first-order valence-corrected chi connectivity index (χ1v) is 8.91. The minimum atomic E-state index is -0.720. The van der Waals surface area contributed by atoms with Crippen LogP contribution in [0.5, 0.6) is 0 Å². The molecule has 0 aliphatic carbocycles. The molecule has 2 unspecified atom stereocenters. The van der Waals surface area contributed by atoms with Gasteiger partial charge in [-0.3, -0.25) is 9.59 Å². The lowest BCUT2D eigenvalue weighted by Gasteiger charge is -2.20. The maximum Gasteiger partial charge on any atom is 0.256 e. The van der Waals surface area contributed by atoms with Crippen LogP contribution in [-0.4, -0.2) is 42.0 Å². The first-order valence-electron chi connectivity index (χ1n) is 8.91.